The molecule has 1 aliphatic carbocycles. The van der Waals surface area contributed by atoms with E-state index in [1.807, 2.05) is 11.8 Å². The molecule has 2 aromatic carbocycles. The molecule has 30 heavy (non-hydrogen) atoms. The van der Waals surface area contributed by atoms with Crippen LogP contribution in [-0.2, 0) is 12.8 Å². The summed E-state index contributed by atoms with van der Waals surface area (Å²) in [5, 5.41) is 0. The molecular weight excluding hydrogens is 386 g/mol. The molecule has 0 N–H and O–H groups in total. The van der Waals surface area contributed by atoms with Gasteiger partial charge in [-0.25, -0.2) is 4.98 Å². The van der Waals surface area contributed by atoms with Gasteiger partial charge in [0.05, 0.1) is 15.9 Å². The molecule has 0 unspecified atom stereocenters. The first-order valence-corrected chi connectivity index (χ1v) is 12.7. The van der Waals surface area contributed by atoms with E-state index in [2.05, 4.69) is 72.2 Å². The average molecular weight is 420 g/mol. The van der Waals surface area contributed by atoms with E-state index in [0.29, 0.717) is 6.04 Å². The van der Waals surface area contributed by atoms with E-state index in [-0.39, 0.29) is 4.87 Å². The van der Waals surface area contributed by atoms with Crippen LogP contribution in [-0.4, -0.2) is 27.7 Å². The van der Waals surface area contributed by atoms with E-state index < -0.39 is 0 Å². The molecule has 1 fully saturated rings. The standard InChI is InChI=1S/C26H33N3S/c1-26(30-3)17-16-21-22(28(26)2)14-15-23-25(21)27-24(18-19-10-6-4-7-11-19)29(23)20-12-8-5-9-13-20/h4,6-7,10-11,14-15,20H,5,8-9,12-13,16-18H2,1-3H3/t26-/m0/s1. The maximum atomic E-state index is 5.33. The summed E-state index contributed by atoms with van der Waals surface area (Å²) >= 11 is 1.96. The number of nitrogens with zero attached hydrogens (tertiary/aromatic N) is 3. The Labute approximate surface area is 184 Å². The van der Waals surface area contributed by atoms with Gasteiger partial charge in [-0.3, -0.25) is 0 Å². The van der Waals surface area contributed by atoms with Gasteiger partial charge in [0.25, 0.3) is 0 Å². The molecule has 1 aromatic heterocycles. The lowest BCUT2D eigenvalue weighted by Gasteiger charge is -2.44. The lowest BCUT2D eigenvalue weighted by molar-refractivity contribution is 0.353. The van der Waals surface area contributed by atoms with Gasteiger partial charge >= 0.3 is 0 Å². The van der Waals surface area contributed by atoms with Crippen molar-refractivity contribution in [2.24, 2.45) is 0 Å². The van der Waals surface area contributed by atoms with Gasteiger partial charge in [0, 0.05) is 30.8 Å². The minimum absolute atomic E-state index is 0.166. The molecule has 0 amide bonds. The first kappa shape index (κ1) is 20.0. The topological polar surface area (TPSA) is 21.1 Å². The number of hydrogen-bond donors (Lipinski definition) is 0. The molecule has 4 heteroatoms. The predicted molar refractivity (Wildman–Crippen MR) is 130 cm³/mol. The quantitative estimate of drug-likeness (QED) is 0.476. The summed E-state index contributed by atoms with van der Waals surface area (Å²) in [4.78, 5) is 7.98. The lowest BCUT2D eigenvalue weighted by atomic mass is 9.93. The monoisotopic (exact) mass is 419 g/mol. The van der Waals surface area contributed by atoms with E-state index in [9.17, 15) is 0 Å². The van der Waals surface area contributed by atoms with E-state index in [4.69, 9.17) is 4.98 Å². The highest BCUT2D eigenvalue weighted by Gasteiger charge is 2.35. The molecule has 3 aromatic rings. The van der Waals surface area contributed by atoms with Gasteiger partial charge in [0.1, 0.15) is 5.82 Å². The summed E-state index contributed by atoms with van der Waals surface area (Å²) in [6, 6.07) is 16.2. The second-order valence-corrected chi connectivity index (χ2v) is 10.5. The van der Waals surface area contributed by atoms with E-state index in [1.54, 1.807) is 0 Å². The van der Waals surface area contributed by atoms with Gasteiger partial charge < -0.3 is 9.47 Å². The summed E-state index contributed by atoms with van der Waals surface area (Å²) in [5.74, 6) is 1.25. The summed E-state index contributed by atoms with van der Waals surface area (Å²) in [6.45, 7) is 2.37. The Hall–Kier alpha value is -1.94. The summed E-state index contributed by atoms with van der Waals surface area (Å²) in [7, 11) is 2.25. The zero-order valence-electron chi connectivity index (χ0n) is 18.5. The van der Waals surface area contributed by atoms with Gasteiger partial charge in [0.15, 0.2) is 0 Å². The third kappa shape index (κ3) is 3.33. The van der Waals surface area contributed by atoms with Crippen molar-refractivity contribution in [2.45, 2.75) is 69.2 Å². The Morgan fingerprint density at radius 2 is 1.83 bits per heavy atom. The lowest BCUT2D eigenvalue weighted by Crippen LogP contribution is -2.44. The minimum Gasteiger partial charge on any atom is -0.360 e. The molecule has 3 nitrogen and oxygen atoms in total. The van der Waals surface area contributed by atoms with Crippen LogP contribution in [0.25, 0.3) is 11.0 Å². The molecule has 0 spiro atoms. The number of benzene rings is 2. The molecule has 2 aliphatic rings. The van der Waals surface area contributed by atoms with Crippen LogP contribution in [0.15, 0.2) is 42.5 Å². The van der Waals surface area contributed by atoms with Crippen molar-refractivity contribution in [1.82, 2.24) is 9.55 Å². The summed E-state index contributed by atoms with van der Waals surface area (Å²) in [5.41, 5.74) is 6.77. The van der Waals surface area contributed by atoms with Gasteiger partial charge in [0.2, 0.25) is 0 Å². The van der Waals surface area contributed by atoms with Crippen molar-refractivity contribution in [3.63, 3.8) is 0 Å². The summed E-state index contributed by atoms with van der Waals surface area (Å²) in [6.07, 6.45) is 12.1. The first-order chi connectivity index (χ1) is 14.6. The number of hydrogen-bond acceptors (Lipinski definition) is 3. The largest absolute Gasteiger partial charge is 0.360 e. The minimum atomic E-state index is 0.166. The Balaban J connectivity index is 1.65. The highest BCUT2D eigenvalue weighted by Crippen LogP contribution is 2.44. The van der Waals surface area contributed by atoms with Gasteiger partial charge in [-0.1, -0.05) is 49.6 Å². The third-order valence-corrected chi connectivity index (χ3v) is 8.87. The van der Waals surface area contributed by atoms with E-state index in [1.165, 1.54) is 72.2 Å². The fraction of sp³-hybridized carbons (Fsp3) is 0.500. The van der Waals surface area contributed by atoms with Crippen LogP contribution in [0.4, 0.5) is 5.69 Å². The molecule has 158 valence electrons. The van der Waals surface area contributed by atoms with Crippen molar-refractivity contribution in [1.29, 1.82) is 0 Å². The molecule has 1 saturated carbocycles. The molecule has 1 aliphatic heterocycles. The Morgan fingerprint density at radius 1 is 1.07 bits per heavy atom. The Bertz CT molecular complexity index is 1040. The van der Waals surface area contributed by atoms with Crippen LogP contribution in [0.3, 0.4) is 0 Å². The molecule has 5 rings (SSSR count). The molecular formula is C26H33N3S. The number of aryl methyl sites for hydroxylation is 1. The normalized spacial score (nSPS) is 22.4. The fourth-order valence-corrected chi connectivity index (χ4v) is 6.16. The molecule has 0 saturated heterocycles. The average Bonchev–Trinajstić information content (AvgIpc) is 3.15. The van der Waals surface area contributed by atoms with Crippen LogP contribution in [0, 0.1) is 0 Å². The summed E-state index contributed by atoms with van der Waals surface area (Å²) < 4.78 is 2.62. The van der Waals surface area contributed by atoms with Crippen molar-refractivity contribution in [2.75, 3.05) is 18.2 Å². The maximum absolute atomic E-state index is 5.33. The van der Waals surface area contributed by atoms with Crippen LogP contribution < -0.4 is 4.90 Å². The zero-order valence-corrected chi connectivity index (χ0v) is 19.3. The van der Waals surface area contributed by atoms with Crippen LogP contribution in [0.2, 0.25) is 0 Å². The molecule has 0 radical (unpaired) electrons. The second kappa shape index (κ2) is 7.96. The third-order valence-electron chi connectivity index (χ3n) is 7.51. The number of aromatic nitrogens is 2. The Kier molecular flexibility index (Phi) is 5.30. The Morgan fingerprint density at radius 3 is 2.57 bits per heavy atom. The number of fused-ring (bicyclic) bond motifs is 3. The molecule has 2 heterocycles. The van der Waals surface area contributed by atoms with Crippen LogP contribution >= 0.6 is 11.8 Å². The first-order valence-electron chi connectivity index (χ1n) is 11.5. The molecule has 0 bridgehead atoms. The van der Waals surface area contributed by atoms with Gasteiger partial charge in [-0.2, -0.15) is 0 Å². The highest BCUT2D eigenvalue weighted by molar-refractivity contribution is 8.00. The predicted octanol–water partition coefficient (Wildman–Crippen LogP) is 6.59. The van der Waals surface area contributed by atoms with Gasteiger partial charge in [-0.15, -0.1) is 11.8 Å². The number of rotatable bonds is 4. The van der Waals surface area contributed by atoms with Crippen molar-refractivity contribution in [3.8, 4) is 0 Å². The maximum Gasteiger partial charge on any atom is 0.114 e. The molecule has 1 atom stereocenters. The van der Waals surface area contributed by atoms with Crippen molar-refractivity contribution >= 4 is 28.5 Å². The van der Waals surface area contributed by atoms with Crippen LogP contribution in [0.5, 0.6) is 0 Å². The van der Waals surface area contributed by atoms with E-state index in [0.717, 1.165) is 12.8 Å². The van der Waals surface area contributed by atoms with Crippen molar-refractivity contribution < 1.29 is 0 Å². The highest BCUT2D eigenvalue weighted by atomic mass is 32.2. The number of imidazole rings is 1. The SMILES string of the molecule is CS[C@@]1(C)CCc2c(ccc3c2nc(Cc2ccccc2)n3C2CCCCC2)N1C. The van der Waals surface area contributed by atoms with E-state index >= 15 is 0 Å². The fourth-order valence-electron chi connectivity index (χ4n) is 5.48. The van der Waals surface area contributed by atoms with Crippen LogP contribution in [0.1, 0.15) is 68.4 Å². The second-order valence-electron chi connectivity index (χ2n) is 9.22. The van der Waals surface area contributed by atoms with Crippen molar-refractivity contribution in [3.05, 3.63) is 59.4 Å². The number of thioether (sulfide) groups is 1. The smallest absolute Gasteiger partial charge is 0.114 e. The van der Waals surface area contributed by atoms with Gasteiger partial charge in [-0.05, 0) is 56.6 Å². The zero-order chi connectivity index (χ0) is 20.7. The number of anilines is 1.